The standard InChI is InChI=1S/C13H23N5/c1-10-8-15-12(14)16-11(10)18(4)9-13(17(2)3)6-5-7-13/h8H,5-7,9H2,1-4H3,(H2,14,15,16). The SMILES string of the molecule is Cc1cnc(N)nc1N(C)CC1(N(C)C)CCC1. The topological polar surface area (TPSA) is 58.3 Å². The minimum atomic E-state index is 0.293. The number of nitrogen functional groups attached to an aromatic ring is 1. The van der Waals surface area contributed by atoms with Crippen molar-refractivity contribution in [3.8, 4) is 0 Å². The van der Waals surface area contributed by atoms with E-state index in [1.165, 1.54) is 19.3 Å². The van der Waals surface area contributed by atoms with Gasteiger partial charge in [-0.3, -0.25) is 0 Å². The van der Waals surface area contributed by atoms with E-state index in [1.54, 1.807) is 6.20 Å². The molecule has 0 unspecified atom stereocenters. The van der Waals surface area contributed by atoms with Crippen LogP contribution in [0.4, 0.5) is 11.8 Å². The average Bonchev–Trinajstić information content (AvgIpc) is 2.26. The number of aryl methyl sites for hydroxylation is 1. The largest absolute Gasteiger partial charge is 0.368 e. The predicted octanol–water partition coefficient (Wildman–Crippen LogP) is 1.29. The summed E-state index contributed by atoms with van der Waals surface area (Å²) in [5.74, 6) is 1.28. The first kappa shape index (κ1) is 13.1. The second kappa shape index (κ2) is 4.72. The van der Waals surface area contributed by atoms with E-state index in [1.807, 2.05) is 6.92 Å². The molecule has 1 fully saturated rings. The summed E-state index contributed by atoms with van der Waals surface area (Å²) in [6, 6.07) is 0. The molecule has 1 heterocycles. The van der Waals surface area contributed by atoms with Gasteiger partial charge < -0.3 is 15.5 Å². The summed E-state index contributed by atoms with van der Waals surface area (Å²) >= 11 is 0. The van der Waals surface area contributed by atoms with Crippen molar-refractivity contribution >= 4 is 11.8 Å². The molecule has 0 saturated heterocycles. The van der Waals surface area contributed by atoms with Crippen LogP contribution in [0.3, 0.4) is 0 Å². The van der Waals surface area contributed by atoms with E-state index >= 15 is 0 Å². The Morgan fingerprint density at radius 1 is 1.33 bits per heavy atom. The quantitative estimate of drug-likeness (QED) is 0.871. The molecule has 1 aromatic rings. The van der Waals surface area contributed by atoms with Gasteiger partial charge in [-0.05, 0) is 40.3 Å². The summed E-state index contributed by atoms with van der Waals surface area (Å²) in [6.07, 6.45) is 5.61. The van der Waals surface area contributed by atoms with Crippen molar-refractivity contribution < 1.29 is 0 Å². The molecule has 0 radical (unpaired) electrons. The Kier molecular flexibility index (Phi) is 3.43. The van der Waals surface area contributed by atoms with E-state index in [9.17, 15) is 0 Å². The third-order valence-corrected chi connectivity index (χ3v) is 4.09. The van der Waals surface area contributed by atoms with E-state index in [0.29, 0.717) is 11.5 Å². The molecule has 2 rings (SSSR count). The van der Waals surface area contributed by atoms with Gasteiger partial charge in [0.05, 0.1) is 0 Å². The number of rotatable bonds is 4. The number of nitrogens with zero attached hydrogens (tertiary/aromatic N) is 4. The Hall–Kier alpha value is -1.36. The van der Waals surface area contributed by atoms with E-state index < -0.39 is 0 Å². The number of nitrogens with two attached hydrogens (primary N) is 1. The molecule has 5 nitrogen and oxygen atoms in total. The molecule has 18 heavy (non-hydrogen) atoms. The number of hydrogen-bond donors (Lipinski definition) is 1. The second-order valence-corrected chi connectivity index (χ2v) is 5.56. The van der Waals surface area contributed by atoms with E-state index in [-0.39, 0.29) is 0 Å². The number of likely N-dealkylation sites (N-methyl/N-ethyl adjacent to an activating group) is 2. The van der Waals surface area contributed by atoms with Crippen LogP contribution < -0.4 is 10.6 Å². The van der Waals surface area contributed by atoms with Crippen LogP contribution in [0, 0.1) is 6.92 Å². The minimum Gasteiger partial charge on any atom is -0.368 e. The third kappa shape index (κ3) is 2.27. The first-order chi connectivity index (χ1) is 8.44. The highest BCUT2D eigenvalue weighted by atomic mass is 15.3. The van der Waals surface area contributed by atoms with Crippen LogP contribution in [-0.2, 0) is 0 Å². The van der Waals surface area contributed by atoms with Crippen molar-refractivity contribution in [3.05, 3.63) is 11.8 Å². The van der Waals surface area contributed by atoms with Gasteiger partial charge in [-0.1, -0.05) is 0 Å². The number of aromatic nitrogens is 2. The Morgan fingerprint density at radius 2 is 2.00 bits per heavy atom. The van der Waals surface area contributed by atoms with Gasteiger partial charge in [0, 0.05) is 30.9 Å². The lowest BCUT2D eigenvalue weighted by Crippen LogP contribution is -2.57. The maximum absolute atomic E-state index is 5.68. The van der Waals surface area contributed by atoms with Crippen LogP contribution in [0.15, 0.2) is 6.20 Å². The molecule has 0 amide bonds. The zero-order valence-corrected chi connectivity index (χ0v) is 11.8. The first-order valence-electron chi connectivity index (χ1n) is 6.42. The highest BCUT2D eigenvalue weighted by Crippen LogP contribution is 2.37. The van der Waals surface area contributed by atoms with E-state index in [4.69, 9.17) is 5.73 Å². The maximum Gasteiger partial charge on any atom is 0.221 e. The van der Waals surface area contributed by atoms with Crippen molar-refractivity contribution in [2.24, 2.45) is 0 Å². The molecular weight excluding hydrogens is 226 g/mol. The van der Waals surface area contributed by atoms with Crippen LogP contribution in [0.2, 0.25) is 0 Å². The van der Waals surface area contributed by atoms with Crippen molar-refractivity contribution in [3.63, 3.8) is 0 Å². The van der Waals surface area contributed by atoms with Crippen molar-refractivity contribution in [2.75, 3.05) is 38.3 Å². The molecule has 1 aliphatic rings. The Bertz CT molecular complexity index is 425. The lowest BCUT2D eigenvalue weighted by Gasteiger charge is -2.49. The molecule has 1 saturated carbocycles. The summed E-state index contributed by atoms with van der Waals surface area (Å²) in [6.45, 7) is 3.01. The van der Waals surface area contributed by atoms with Gasteiger partial charge in [-0.15, -0.1) is 0 Å². The van der Waals surface area contributed by atoms with Gasteiger partial charge in [-0.2, -0.15) is 4.98 Å². The summed E-state index contributed by atoms with van der Waals surface area (Å²) in [7, 11) is 6.40. The van der Waals surface area contributed by atoms with Gasteiger partial charge in [0.15, 0.2) is 0 Å². The number of anilines is 2. The minimum absolute atomic E-state index is 0.293. The molecule has 1 aliphatic carbocycles. The zero-order chi connectivity index (χ0) is 13.3. The van der Waals surface area contributed by atoms with Crippen LogP contribution in [0.25, 0.3) is 0 Å². The Labute approximate surface area is 109 Å². The van der Waals surface area contributed by atoms with Crippen molar-refractivity contribution in [2.45, 2.75) is 31.7 Å². The highest BCUT2D eigenvalue weighted by Gasteiger charge is 2.40. The Morgan fingerprint density at radius 3 is 2.50 bits per heavy atom. The summed E-state index contributed by atoms with van der Waals surface area (Å²) in [5.41, 5.74) is 7.04. The predicted molar refractivity (Wildman–Crippen MR) is 74.7 cm³/mol. The van der Waals surface area contributed by atoms with Crippen molar-refractivity contribution in [1.29, 1.82) is 0 Å². The van der Waals surface area contributed by atoms with Crippen molar-refractivity contribution in [1.82, 2.24) is 14.9 Å². The van der Waals surface area contributed by atoms with Crippen LogP contribution in [0.1, 0.15) is 24.8 Å². The van der Waals surface area contributed by atoms with Gasteiger partial charge in [-0.25, -0.2) is 4.98 Å². The van der Waals surface area contributed by atoms with Gasteiger partial charge in [0.25, 0.3) is 0 Å². The zero-order valence-electron chi connectivity index (χ0n) is 11.8. The summed E-state index contributed by atoms with van der Waals surface area (Å²) in [5, 5.41) is 0. The van der Waals surface area contributed by atoms with Gasteiger partial charge in [0.2, 0.25) is 5.95 Å². The van der Waals surface area contributed by atoms with E-state index in [0.717, 1.165) is 17.9 Å². The lowest BCUT2D eigenvalue weighted by atomic mass is 9.75. The molecule has 0 bridgehead atoms. The summed E-state index contributed by atoms with van der Waals surface area (Å²) in [4.78, 5) is 12.9. The monoisotopic (exact) mass is 249 g/mol. The van der Waals surface area contributed by atoms with Crippen LogP contribution >= 0.6 is 0 Å². The molecule has 0 aromatic carbocycles. The first-order valence-corrected chi connectivity index (χ1v) is 6.42. The number of hydrogen-bond acceptors (Lipinski definition) is 5. The molecule has 0 atom stereocenters. The maximum atomic E-state index is 5.68. The molecule has 0 spiro atoms. The van der Waals surface area contributed by atoms with Gasteiger partial charge in [0.1, 0.15) is 5.82 Å². The molecule has 5 heteroatoms. The smallest absolute Gasteiger partial charge is 0.221 e. The van der Waals surface area contributed by atoms with Gasteiger partial charge >= 0.3 is 0 Å². The fourth-order valence-electron chi connectivity index (χ4n) is 2.68. The molecule has 2 N–H and O–H groups in total. The van der Waals surface area contributed by atoms with Crippen LogP contribution in [0.5, 0.6) is 0 Å². The average molecular weight is 249 g/mol. The fourth-order valence-corrected chi connectivity index (χ4v) is 2.68. The molecule has 100 valence electrons. The second-order valence-electron chi connectivity index (χ2n) is 5.56. The Balaban J connectivity index is 2.16. The fraction of sp³-hybridized carbons (Fsp3) is 0.692. The van der Waals surface area contributed by atoms with E-state index in [2.05, 4.69) is 40.9 Å². The highest BCUT2D eigenvalue weighted by molar-refractivity contribution is 5.47. The lowest BCUT2D eigenvalue weighted by molar-refractivity contribution is 0.0681. The van der Waals surface area contributed by atoms with Crippen LogP contribution in [-0.4, -0.2) is 48.1 Å². The molecule has 1 aromatic heterocycles. The third-order valence-electron chi connectivity index (χ3n) is 4.09. The normalized spacial score (nSPS) is 17.6. The molecule has 0 aliphatic heterocycles. The molecular formula is C13H23N5. The summed E-state index contributed by atoms with van der Waals surface area (Å²) < 4.78 is 0.